The van der Waals surface area contributed by atoms with Gasteiger partial charge in [0.2, 0.25) is 0 Å². The van der Waals surface area contributed by atoms with E-state index in [-0.39, 0.29) is 17.6 Å². The van der Waals surface area contributed by atoms with E-state index in [9.17, 15) is 9.18 Å². The van der Waals surface area contributed by atoms with Crippen LogP contribution in [0, 0.1) is 5.82 Å². The second-order valence-electron chi connectivity index (χ2n) is 4.80. The third kappa shape index (κ3) is 2.55. The average molecular weight is 235 g/mol. The minimum absolute atomic E-state index is 0.0689. The highest BCUT2D eigenvalue weighted by Gasteiger charge is 2.29. The van der Waals surface area contributed by atoms with E-state index in [1.807, 2.05) is 14.0 Å². The quantitative estimate of drug-likeness (QED) is 0.748. The Morgan fingerprint density at radius 1 is 1.35 bits per heavy atom. The Labute approximate surface area is 101 Å². The van der Waals surface area contributed by atoms with Crippen LogP contribution in [0.5, 0.6) is 0 Å². The molecule has 0 heterocycles. The van der Waals surface area contributed by atoms with Gasteiger partial charge in [0.1, 0.15) is 5.82 Å². The van der Waals surface area contributed by atoms with Crippen LogP contribution in [0.3, 0.4) is 0 Å². The van der Waals surface area contributed by atoms with Crippen LogP contribution in [0.25, 0.3) is 0 Å². The lowest BCUT2D eigenvalue weighted by Gasteiger charge is -2.38. The molecule has 1 fully saturated rings. The molecule has 0 saturated heterocycles. The van der Waals surface area contributed by atoms with Crippen molar-refractivity contribution in [3.63, 3.8) is 0 Å². The maximum Gasteiger partial charge on any atom is 0.179 e. The molecule has 0 bridgehead atoms. The molecule has 3 heteroatoms. The van der Waals surface area contributed by atoms with Gasteiger partial charge in [0.05, 0.1) is 6.04 Å². The molecule has 0 amide bonds. The maximum absolute atomic E-state index is 12.8. The monoisotopic (exact) mass is 235 g/mol. The number of rotatable bonds is 4. The summed E-state index contributed by atoms with van der Waals surface area (Å²) < 4.78 is 12.8. The molecule has 1 aliphatic carbocycles. The smallest absolute Gasteiger partial charge is 0.179 e. The van der Waals surface area contributed by atoms with Crippen LogP contribution < -0.4 is 0 Å². The van der Waals surface area contributed by atoms with Crippen LogP contribution >= 0.6 is 0 Å². The zero-order chi connectivity index (χ0) is 12.4. The minimum Gasteiger partial charge on any atom is -0.294 e. The number of hydrogen-bond donors (Lipinski definition) is 0. The number of likely N-dealkylation sites (N-methyl/N-ethyl adjacent to an activating group) is 1. The van der Waals surface area contributed by atoms with E-state index in [0.29, 0.717) is 11.6 Å². The van der Waals surface area contributed by atoms with Crippen LogP contribution in [0.4, 0.5) is 4.39 Å². The van der Waals surface area contributed by atoms with Gasteiger partial charge in [-0.05, 0) is 51.1 Å². The second kappa shape index (κ2) is 4.96. The Bertz CT molecular complexity index is 397. The van der Waals surface area contributed by atoms with E-state index < -0.39 is 0 Å². The summed E-state index contributed by atoms with van der Waals surface area (Å²) in [6, 6.07) is 6.19. The lowest BCUT2D eigenvalue weighted by Crippen LogP contribution is -2.46. The number of carbonyl (C=O) groups excluding carboxylic acids is 1. The standard InChI is InChI=1S/C14H18FNO/c1-10(16(2)13-4-3-5-13)14(17)11-6-8-12(15)9-7-11/h6-10,13H,3-5H2,1-2H3. The summed E-state index contributed by atoms with van der Waals surface area (Å²) in [5.41, 5.74) is 0.588. The van der Waals surface area contributed by atoms with Gasteiger partial charge in [-0.3, -0.25) is 9.69 Å². The highest BCUT2D eigenvalue weighted by Crippen LogP contribution is 2.25. The number of nitrogens with zero attached hydrogens (tertiary/aromatic N) is 1. The predicted molar refractivity (Wildman–Crippen MR) is 65.6 cm³/mol. The number of carbonyl (C=O) groups is 1. The van der Waals surface area contributed by atoms with E-state index in [1.54, 1.807) is 12.1 Å². The summed E-state index contributed by atoms with van der Waals surface area (Å²) in [5, 5.41) is 0. The fourth-order valence-corrected chi connectivity index (χ4v) is 2.15. The summed E-state index contributed by atoms with van der Waals surface area (Å²) in [7, 11) is 2.00. The molecule has 0 aromatic heterocycles. The zero-order valence-corrected chi connectivity index (χ0v) is 10.3. The summed E-state index contributed by atoms with van der Waals surface area (Å²) >= 11 is 0. The first-order chi connectivity index (χ1) is 8.09. The molecule has 92 valence electrons. The Hall–Kier alpha value is -1.22. The van der Waals surface area contributed by atoms with Gasteiger partial charge in [-0.25, -0.2) is 4.39 Å². The van der Waals surface area contributed by atoms with Gasteiger partial charge in [-0.15, -0.1) is 0 Å². The molecule has 17 heavy (non-hydrogen) atoms. The van der Waals surface area contributed by atoms with Crippen molar-refractivity contribution in [2.24, 2.45) is 0 Å². The van der Waals surface area contributed by atoms with Crippen LogP contribution in [-0.2, 0) is 0 Å². The van der Waals surface area contributed by atoms with Crippen molar-refractivity contribution in [3.05, 3.63) is 35.6 Å². The lowest BCUT2D eigenvalue weighted by molar-refractivity contribution is 0.0723. The number of Topliss-reactive ketones (excluding diaryl/α,β-unsaturated/α-hetero) is 1. The summed E-state index contributed by atoms with van der Waals surface area (Å²) in [6.07, 6.45) is 3.61. The van der Waals surface area contributed by atoms with Crippen LogP contribution in [0.2, 0.25) is 0 Å². The molecular weight excluding hydrogens is 217 g/mol. The van der Waals surface area contributed by atoms with Gasteiger partial charge in [0, 0.05) is 11.6 Å². The largest absolute Gasteiger partial charge is 0.294 e. The molecular formula is C14H18FNO. The van der Waals surface area contributed by atoms with Gasteiger partial charge >= 0.3 is 0 Å². The van der Waals surface area contributed by atoms with Crippen molar-refractivity contribution in [3.8, 4) is 0 Å². The average Bonchev–Trinajstić information content (AvgIpc) is 2.25. The van der Waals surface area contributed by atoms with Crippen molar-refractivity contribution in [2.75, 3.05) is 7.05 Å². The fraction of sp³-hybridized carbons (Fsp3) is 0.500. The summed E-state index contributed by atoms with van der Waals surface area (Å²) in [5.74, 6) is -0.235. The van der Waals surface area contributed by atoms with Crippen molar-refractivity contribution in [1.82, 2.24) is 4.90 Å². The Morgan fingerprint density at radius 3 is 2.41 bits per heavy atom. The first-order valence-corrected chi connectivity index (χ1v) is 6.11. The fourth-order valence-electron chi connectivity index (χ4n) is 2.15. The molecule has 1 aromatic rings. The van der Waals surface area contributed by atoms with E-state index in [1.165, 1.54) is 31.4 Å². The predicted octanol–water partition coefficient (Wildman–Crippen LogP) is 2.88. The van der Waals surface area contributed by atoms with E-state index >= 15 is 0 Å². The number of hydrogen-bond acceptors (Lipinski definition) is 2. The van der Waals surface area contributed by atoms with E-state index in [4.69, 9.17) is 0 Å². The van der Waals surface area contributed by atoms with E-state index in [2.05, 4.69) is 4.90 Å². The SMILES string of the molecule is CC(C(=O)c1ccc(F)cc1)N(C)C1CCC1. The molecule has 0 radical (unpaired) electrons. The molecule has 2 nitrogen and oxygen atoms in total. The molecule has 1 atom stereocenters. The minimum atomic E-state index is -0.304. The normalized spacial score (nSPS) is 17.9. The van der Waals surface area contributed by atoms with Crippen LogP contribution in [0.15, 0.2) is 24.3 Å². The lowest BCUT2D eigenvalue weighted by atomic mass is 9.90. The van der Waals surface area contributed by atoms with Crippen molar-refractivity contribution in [1.29, 1.82) is 0 Å². The van der Waals surface area contributed by atoms with Crippen molar-refractivity contribution in [2.45, 2.75) is 38.3 Å². The molecule has 1 unspecified atom stereocenters. The molecule has 2 rings (SSSR count). The zero-order valence-electron chi connectivity index (χ0n) is 10.3. The molecule has 0 aliphatic heterocycles. The number of ketones is 1. The highest BCUT2D eigenvalue weighted by atomic mass is 19.1. The maximum atomic E-state index is 12.8. The first kappa shape index (κ1) is 12.2. The van der Waals surface area contributed by atoms with Crippen molar-refractivity contribution < 1.29 is 9.18 Å². The van der Waals surface area contributed by atoms with Crippen molar-refractivity contribution >= 4 is 5.78 Å². The Morgan fingerprint density at radius 2 is 1.94 bits per heavy atom. The topological polar surface area (TPSA) is 20.3 Å². The molecule has 1 aliphatic rings. The molecule has 1 saturated carbocycles. The van der Waals surface area contributed by atoms with Gasteiger partial charge in [0.25, 0.3) is 0 Å². The summed E-state index contributed by atoms with van der Waals surface area (Å²) in [6.45, 7) is 1.92. The highest BCUT2D eigenvalue weighted by molar-refractivity contribution is 5.99. The van der Waals surface area contributed by atoms with Gasteiger partial charge in [-0.1, -0.05) is 6.42 Å². The number of halogens is 1. The molecule has 1 aromatic carbocycles. The van der Waals surface area contributed by atoms with Gasteiger partial charge in [0.15, 0.2) is 5.78 Å². The van der Waals surface area contributed by atoms with Crippen LogP contribution in [-0.4, -0.2) is 29.8 Å². The van der Waals surface area contributed by atoms with Gasteiger partial charge < -0.3 is 0 Å². The van der Waals surface area contributed by atoms with Gasteiger partial charge in [-0.2, -0.15) is 0 Å². The van der Waals surface area contributed by atoms with Crippen LogP contribution in [0.1, 0.15) is 36.5 Å². The molecule has 0 spiro atoms. The van der Waals surface area contributed by atoms with E-state index in [0.717, 1.165) is 0 Å². The molecule has 0 N–H and O–H groups in total. The second-order valence-corrected chi connectivity index (χ2v) is 4.80. The third-order valence-corrected chi connectivity index (χ3v) is 3.77. The third-order valence-electron chi connectivity index (χ3n) is 3.77. The first-order valence-electron chi connectivity index (χ1n) is 6.11. The Balaban J connectivity index is 2.05. The number of benzene rings is 1. The summed E-state index contributed by atoms with van der Waals surface area (Å²) in [4.78, 5) is 14.3. The Kier molecular flexibility index (Phi) is 3.57.